The van der Waals surface area contributed by atoms with E-state index in [9.17, 15) is 9.18 Å². The Morgan fingerprint density at radius 2 is 2.27 bits per heavy atom. The van der Waals surface area contributed by atoms with Crippen molar-refractivity contribution in [1.82, 2.24) is 9.88 Å². The van der Waals surface area contributed by atoms with Gasteiger partial charge in [0.05, 0.1) is 25.0 Å². The lowest BCUT2D eigenvalue weighted by atomic mass is 9.81. The van der Waals surface area contributed by atoms with Gasteiger partial charge in [-0.15, -0.1) is 0 Å². The zero-order valence-electron chi connectivity index (χ0n) is 15.3. The van der Waals surface area contributed by atoms with Crippen LogP contribution in [0.2, 0.25) is 0 Å². The molecule has 0 N–H and O–H groups in total. The van der Waals surface area contributed by atoms with Gasteiger partial charge in [0.15, 0.2) is 5.67 Å². The van der Waals surface area contributed by atoms with E-state index in [2.05, 4.69) is 4.98 Å². The van der Waals surface area contributed by atoms with Gasteiger partial charge in [-0.3, -0.25) is 9.78 Å². The number of carbonyl (C=O) groups is 1. The summed E-state index contributed by atoms with van der Waals surface area (Å²) in [6.45, 7) is 5.01. The first-order valence-corrected chi connectivity index (χ1v) is 9.65. The minimum atomic E-state index is -1.60. The molecule has 4 rings (SSSR count). The van der Waals surface area contributed by atoms with Gasteiger partial charge in [-0.05, 0) is 50.7 Å². The summed E-state index contributed by atoms with van der Waals surface area (Å²) in [5.41, 5.74) is 0.334. The molecule has 3 heterocycles. The second-order valence-corrected chi connectivity index (χ2v) is 7.94. The average molecular weight is 362 g/mol. The molecule has 1 amide bonds. The molecule has 5 nitrogen and oxygen atoms in total. The molecule has 3 aliphatic rings. The monoisotopic (exact) mass is 362 g/mol. The predicted octanol–water partition coefficient (Wildman–Crippen LogP) is 2.66. The lowest BCUT2D eigenvalue weighted by Gasteiger charge is -2.35. The van der Waals surface area contributed by atoms with Crippen LogP contribution in [0.3, 0.4) is 0 Å². The summed E-state index contributed by atoms with van der Waals surface area (Å²) >= 11 is 0. The molecule has 0 aromatic carbocycles. The van der Waals surface area contributed by atoms with E-state index in [4.69, 9.17) is 9.47 Å². The first-order valence-electron chi connectivity index (χ1n) is 9.65. The molecule has 1 saturated carbocycles. The van der Waals surface area contributed by atoms with Crippen molar-refractivity contribution in [2.24, 2.45) is 11.8 Å². The van der Waals surface area contributed by atoms with Crippen LogP contribution in [0.15, 0.2) is 18.2 Å². The number of hydrogen-bond donors (Lipinski definition) is 0. The third-order valence-corrected chi connectivity index (χ3v) is 6.08. The van der Waals surface area contributed by atoms with E-state index < -0.39 is 5.67 Å². The molecule has 1 aliphatic carbocycles. The highest BCUT2D eigenvalue weighted by atomic mass is 19.1. The molecule has 2 aliphatic heterocycles. The van der Waals surface area contributed by atoms with Crippen molar-refractivity contribution in [3.05, 3.63) is 29.6 Å². The molecular weight excluding hydrogens is 335 g/mol. The van der Waals surface area contributed by atoms with Gasteiger partial charge in [-0.1, -0.05) is 6.07 Å². The van der Waals surface area contributed by atoms with Crippen LogP contribution in [0.4, 0.5) is 4.39 Å². The van der Waals surface area contributed by atoms with E-state index >= 15 is 0 Å². The van der Waals surface area contributed by atoms with Crippen LogP contribution < -0.4 is 0 Å². The molecule has 3 fully saturated rings. The van der Waals surface area contributed by atoms with Gasteiger partial charge >= 0.3 is 0 Å². The molecule has 3 atom stereocenters. The summed E-state index contributed by atoms with van der Waals surface area (Å²) in [6, 6.07) is 5.92. The van der Waals surface area contributed by atoms with Crippen molar-refractivity contribution in [2.75, 3.05) is 26.3 Å². The average Bonchev–Trinajstić information content (AvgIpc) is 3.17. The maximum Gasteiger partial charge on any atom is 0.260 e. The van der Waals surface area contributed by atoms with Crippen molar-refractivity contribution in [3.8, 4) is 0 Å². The standard InChI is InChI=1S/C20H27FN2O3/c1-14-4-2-5-16(22-14)13-25-9-6-15-12-26-18-11-23(10-17(15)18)19(24)20(21)7-3-8-20/h2,4-5,15,17-18H,3,6-13H2,1H3/t15-,17-,18-/m0/s1. The van der Waals surface area contributed by atoms with Gasteiger partial charge in [0.25, 0.3) is 5.91 Å². The number of nitrogens with zero attached hydrogens (tertiary/aromatic N) is 2. The SMILES string of the molecule is Cc1cccc(COCC[C@H]2CO[C@H]3CN(C(=O)C4(F)CCC4)C[C@@H]23)n1. The van der Waals surface area contributed by atoms with E-state index in [1.165, 1.54) is 0 Å². The number of aryl methyl sites for hydroxylation is 1. The fourth-order valence-electron chi connectivity index (χ4n) is 4.34. The number of carbonyl (C=O) groups excluding carboxylic acids is 1. The molecule has 1 aromatic rings. The maximum atomic E-state index is 14.4. The summed E-state index contributed by atoms with van der Waals surface area (Å²) in [7, 11) is 0. The Labute approximate surface area is 153 Å². The van der Waals surface area contributed by atoms with Crippen LogP contribution in [0.1, 0.15) is 37.1 Å². The van der Waals surface area contributed by atoms with Crippen molar-refractivity contribution in [3.63, 3.8) is 0 Å². The number of amides is 1. The smallest absolute Gasteiger partial charge is 0.260 e. The highest BCUT2D eigenvalue weighted by molar-refractivity contribution is 5.86. The first kappa shape index (κ1) is 17.9. The topological polar surface area (TPSA) is 51.7 Å². The maximum absolute atomic E-state index is 14.4. The highest BCUT2D eigenvalue weighted by Crippen LogP contribution is 2.41. The number of alkyl halides is 1. The zero-order chi connectivity index (χ0) is 18.1. The molecule has 0 bridgehead atoms. The van der Waals surface area contributed by atoms with Crippen molar-refractivity contribution in [2.45, 2.75) is 51.0 Å². The van der Waals surface area contributed by atoms with E-state index in [0.717, 1.165) is 24.2 Å². The molecule has 0 radical (unpaired) electrons. The molecule has 1 aromatic heterocycles. The van der Waals surface area contributed by atoms with Crippen LogP contribution in [0, 0.1) is 18.8 Å². The van der Waals surface area contributed by atoms with E-state index in [1.807, 2.05) is 25.1 Å². The number of pyridine rings is 1. The second kappa shape index (κ2) is 7.24. The fraction of sp³-hybridized carbons (Fsp3) is 0.700. The molecular formula is C20H27FN2O3. The Morgan fingerprint density at radius 1 is 1.42 bits per heavy atom. The van der Waals surface area contributed by atoms with Crippen molar-refractivity contribution < 1.29 is 18.7 Å². The Kier molecular flexibility index (Phi) is 4.97. The molecule has 6 heteroatoms. The van der Waals surface area contributed by atoms with Gasteiger partial charge in [-0.25, -0.2) is 4.39 Å². The summed E-state index contributed by atoms with van der Waals surface area (Å²) in [6.07, 6.45) is 2.53. The van der Waals surface area contributed by atoms with Gasteiger partial charge in [0, 0.05) is 31.3 Å². The first-order chi connectivity index (χ1) is 12.5. The lowest BCUT2D eigenvalue weighted by molar-refractivity contribution is -0.149. The lowest BCUT2D eigenvalue weighted by Crippen LogP contribution is -2.50. The number of likely N-dealkylation sites (tertiary alicyclic amines) is 1. The summed E-state index contributed by atoms with van der Waals surface area (Å²) in [5.74, 6) is 0.366. The summed E-state index contributed by atoms with van der Waals surface area (Å²) in [5, 5.41) is 0. The summed E-state index contributed by atoms with van der Waals surface area (Å²) in [4.78, 5) is 18.5. The van der Waals surface area contributed by atoms with E-state index in [1.54, 1.807) is 4.90 Å². The number of fused-ring (bicyclic) bond motifs is 1. The normalized spacial score (nSPS) is 29.5. The summed E-state index contributed by atoms with van der Waals surface area (Å²) < 4.78 is 26.1. The van der Waals surface area contributed by atoms with Gasteiger partial charge in [0.2, 0.25) is 0 Å². The Balaban J connectivity index is 1.24. The highest BCUT2D eigenvalue weighted by Gasteiger charge is 2.52. The minimum Gasteiger partial charge on any atom is -0.376 e. The van der Waals surface area contributed by atoms with Crippen LogP contribution in [0.25, 0.3) is 0 Å². The third-order valence-electron chi connectivity index (χ3n) is 6.08. The second-order valence-electron chi connectivity index (χ2n) is 7.94. The number of hydrogen-bond acceptors (Lipinski definition) is 4. The number of ether oxygens (including phenoxy) is 2. The molecule has 0 unspecified atom stereocenters. The Hall–Kier alpha value is -1.53. The van der Waals surface area contributed by atoms with Gasteiger partial charge < -0.3 is 14.4 Å². The van der Waals surface area contributed by atoms with Crippen molar-refractivity contribution >= 4 is 5.91 Å². The minimum absolute atomic E-state index is 0.0612. The van der Waals surface area contributed by atoms with Crippen molar-refractivity contribution in [1.29, 1.82) is 0 Å². The molecule has 26 heavy (non-hydrogen) atoms. The third kappa shape index (κ3) is 3.49. The predicted molar refractivity (Wildman–Crippen MR) is 94.2 cm³/mol. The molecule has 2 saturated heterocycles. The number of rotatable bonds is 6. The Morgan fingerprint density at radius 3 is 3.00 bits per heavy atom. The fourth-order valence-corrected chi connectivity index (χ4v) is 4.34. The zero-order valence-corrected chi connectivity index (χ0v) is 15.3. The molecule has 142 valence electrons. The van der Waals surface area contributed by atoms with Crippen LogP contribution in [-0.2, 0) is 20.9 Å². The number of halogens is 1. The molecule has 0 spiro atoms. The van der Waals surface area contributed by atoms with E-state index in [0.29, 0.717) is 57.6 Å². The number of aromatic nitrogens is 1. The van der Waals surface area contributed by atoms with Gasteiger partial charge in [0.1, 0.15) is 0 Å². The van der Waals surface area contributed by atoms with Crippen LogP contribution >= 0.6 is 0 Å². The van der Waals surface area contributed by atoms with E-state index in [-0.39, 0.29) is 12.0 Å². The van der Waals surface area contributed by atoms with Crippen LogP contribution in [-0.4, -0.2) is 53.9 Å². The quantitative estimate of drug-likeness (QED) is 0.730. The largest absolute Gasteiger partial charge is 0.376 e. The van der Waals surface area contributed by atoms with Gasteiger partial charge in [-0.2, -0.15) is 0 Å². The van der Waals surface area contributed by atoms with Crippen LogP contribution in [0.5, 0.6) is 0 Å². The Bertz CT molecular complexity index is 664.